The summed E-state index contributed by atoms with van der Waals surface area (Å²) in [5.41, 5.74) is 3.49. The molecule has 116 valence electrons. The summed E-state index contributed by atoms with van der Waals surface area (Å²) >= 11 is 0. The molecular weight excluding hydrogens is 294 g/mol. The first-order valence-corrected chi connectivity index (χ1v) is 8.55. The summed E-state index contributed by atoms with van der Waals surface area (Å²) in [5.74, 6) is 0. The Bertz CT molecular complexity index is 777. The van der Waals surface area contributed by atoms with E-state index in [1.54, 1.807) is 12.1 Å². The van der Waals surface area contributed by atoms with Crippen LogP contribution in [0.15, 0.2) is 65.6 Å². The smallest absolute Gasteiger partial charge is 0.262 e. The van der Waals surface area contributed by atoms with Crippen LogP contribution in [0.5, 0.6) is 0 Å². The van der Waals surface area contributed by atoms with Gasteiger partial charge in [-0.05, 0) is 50.6 Å². The van der Waals surface area contributed by atoms with Gasteiger partial charge in [0.2, 0.25) is 0 Å². The second-order valence-electron chi connectivity index (χ2n) is 5.62. The van der Waals surface area contributed by atoms with Crippen molar-refractivity contribution >= 4 is 15.7 Å². The Morgan fingerprint density at radius 2 is 1.68 bits per heavy atom. The van der Waals surface area contributed by atoms with Crippen LogP contribution in [0.4, 0.5) is 5.69 Å². The Hall–Kier alpha value is -2.07. The van der Waals surface area contributed by atoms with E-state index in [0.717, 1.165) is 16.7 Å². The summed E-state index contributed by atoms with van der Waals surface area (Å²) in [7, 11) is -3.61. The molecule has 0 fully saturated rings. The van der Waals surface area contributed by atoms with Gasteiger partial charge >= 0.3 is 0 Å². The van der Waals surface area contributed by atoms with Gasteiger partial charge in [0.1, 0.15) is 0 Å². The molecule has 0 spiro atoms. The largest absolute Gasteiger partial charge is 0.264 e. The maximum Gasteiger partial charge on any atom is 0.264 e. The minimum Gasteiger partial charge on any atom is -0.262 e. The molecule has 0 heterocycles. The number of rotatable bonds is 5. The van der Waals surface area contributed by atoms with Gasteiger partial charge in [-0.25, -0.2) is 8.42 Å². The van der Waals surface area contributed by atoms with E-state index in [1.807, 2.05) is 57.2 Å². The second kappa shape index (κ2) is 6.36. The van der Waals surface area contributed by atoms with E-state index in [9.17, 15) is 8.42 Å². The van der Waals surface area contributed by atoms with Crippen LogP contribution in [0.25, 0.3) is 0 Å². The van der Waals surface area contributed by atoms with Crippen LogP contribution in [0, 0.1) is 13.8 Å². The van der Waals surface area contributed by atoms with Crippen molar-refractivity contribution in [1.82, 2.24) is 0 Å². The SMILES string of the molecule is C=C(C)CN(c1cccc(C)c1)S(=O)(=O)c1ccc(C)cc1. The van der Waals surface area contributed by atoms with Crippen LogP contribution < -0.4 is 4.31 Å². The Labute approximate surface area is 133 Å². The van der Waals surface area contributed by atoms with E-state index in [0.29, 0.717) is 10.6 Å². The number of hydrogen-bond acceptors (Lipinski definition) is 2. The van der Waals surface area contributed by atoms with E-state index in [2.05, 4.69) is 6.58 Å². The number of anilines is 1. The fraction of sp³-hybridized carbons (Fsp3) is 0.222. The van der Waals surface area contributed by atoms with Gasteiger partial charge in [0.25, 0.3) is 10.0 Å². The topological polar surface area (TPSA) is 37.4 Å². The molecule has 0 saturated carbocycles. The van der Waals surface area contributed by atoms with Crippen LogP contribution in [-0.4, -0.2) is 15.0 Å². The minimum absolute atomic E-state index is 0.264. The van der Waals surface area contributed by atoms with Gasteiger partial charge in [-0.2, -0.15) is 0 Å². The molecule has 0 amide bonds. The van der Waals surface area contributed by atoms with Crippen LogP contribution in [0.2, 0.25) is 0 Å². The van der Waals surface area contributed by atoms with Crippen LogP contribution in [-0.2, 0) is 10.0 Å². The highest BCUT2D eigenvalue weighted by Gasteiger charge is 2.24. The predicted molar refractivity (Wildman–Crippen MR) is 91.7 cm³/mol. The van der Waals surface area contributed by atoms with E-state index < -0.39 is 10.0 Å². The highest BCUT2D eigenvalue weighted by molar-refractivity contribution is 7.92. The summed E-state index contributed by atoms with van der Waals surface area (Å²) in [6.07, 6.45) is 0. The minimum atomic E-state index is -3.61. The van der Waals surface area contributed by atoms with Gasteiger partial charge in [0, 0.05) is 0 Å². The van der Waals surface area contributed by atoms with Crippen molar-refractivity contribution in [3.05, 3.63) is 71.8 Å². The number of nitrogens with zero attached hydrogens (tertiary/aromatic N) is 1. The molecule has 0 saturated heterocycles. The Kier molecular flexibility index (Phi) is 4.71. The molecular formula is C18H21NO2S. The predicted octanol–water partition coefficient (Wildman–Crippen LogP) is 4.07. The Morgan fingerprint density at radius 1 is 1.05 bits per heavy atom. The fourth-order valence-electron chi connectivity index (χ4n) is 2.18. The maximum atomic E-state index is 13.0. The number of aryl methyl sites for hydroxylation is 2. The summed E-state index contributed by atoms with van der Waals surface area (Å²) < 4.78 is 27.4. The number of sulfonamides is 1. The molecule has 4 heteroatoms. The molecule has 0 atom stereocenters. The summed E-state index contributed by atoms with van der Waals surface area (Å²) in [5, 5.41) is 0. The zero-order chi connectivity index (χ0) is 16.3. The molecule has 0 radical (unpaired) electrons. The molecule has 2 rings (SSSR count). The lowest BCUT2D eigenvalue weighted by molar-refractivity contribution is 0.592. The van der Waals surface area contributed by atoms with Crippen molar-refractivity contribution in [3.63, 3.8) is 0 Å². The average Bonchev–Trinajstić information content (AvgIpc) is 2.45. The molecule has 2 aromatic rings. The molecule has 0 unspecified atom stereocenters. The molecule has 0 bridgehead atoms. The van der Waals surface area contributed by atoms with Crippen molar-refractivity contribution in [2.45, 2.75) is 25.7 Å². The van der Waals surface area contributed by atoms with Crippen molar-refractivity contribution in [2.24, 2.45) is 0 Å². The van der Waals surface area contributed by atoms with Crippen molar-refractivity contribution in [3.8, 4) is 0 Å². The molecule has 2 aromatic carbocycles. The summed E-state index contributed by atoms with van der Waals surface area (Å²) in [6, 6.07) is 14.4. The van der Waals surface area contributed by atoms with Gasteiger partial charge in [-0.1, -0.05) is 42.0 Å². The fourth-order valence-corrected chi connectivity index (χ4v) is 3.70. The van der Waals surface area contributed by atoms with Gasteiger partial charge < -0.3 is 0 Å². The van der Waals surface area contributed by atoms with Crippen LogP contribution >= 0.6 is 0 Å². The average molecular weight is 315 g/mol. The lowest BCUT2D eigenvalue weighted by atomic mass is 10.2. The monoisotopic (exact) mass is 315 g/mol. The van der Waals surface area contributed by atoms with Gasteiger partial charge in [-0.15, -0.1) is 0 Å². The first-order chi connectivity index (χ1) is 10.3. The normalized spacial score (nSPS) is 11.2. The van der Waals surface area contributed by atoms with Gasteiger partial charge in [0.05, 0.1) is 17.1 Å². The molecule has 0 N–H and O–H groups in total. The molecule has 0 aliphatic heterocycles. The van der Waals surface area contributed by atoms with Crippen molar-refractivity contribution < 1.29 is 8.42 Å². The standard InChI is InChI=1S/C18H21NO2S/c1-14(2)13-19(17-7-5-6-16(4)12-17)22(20,21)18-10-8-15(3)9-11-18/h5-12H,1,13H2,2-4H3. The van der Waals surface area contributed by atoms with Crippen molar-refractivity contribution in [2.75, 3.05) is 10.8 Å². The lowest BCUT2D eigenvalue weighted by Crippen LogP contribution is -2.32. The first-order valence-electron chi connectivity index (χ1n) is 7.11. The maximum absolute atomic E-state index is 13.0. The van der Waals surface area contributed by atoms with E-state index in [1.165, 1.54) is 4.31 Å². The zero-order valence-electron chi connectivity index (χ0n) is 13.2. The summed E-state index contributed by atoms with van der Waals surface area (Å²) in [4.78, 5) is 0.292. The Balaban J connectivity index is 2.53. The molecule has 3 nitrogen and oxygen atoms in total. The third kappa shape index (κ3) is 3.57. The third-order valence-electron chi connectivity index (χ3n) is 3.31. The second-order valence-corrected chi connectivity index (χ2v) is 7.48. The van der Waals surface area contributed by atoms with Gasteiger partial charge in [0.15, 0.2) is 0 Å². The zero-order valence-corrected chi connectivity index (χ0v) is 14.0. The van der Waals surface area contributed by atoms with Crippen LogP contribution in [0.3, 0.4) is 0 Å². The molecule has 0 aliphatic carbocycles. The Morgan fingerprint density at radius 3 is 2.23 bits per heavy atom. The quantitative estimate of drug-likeness (QED) is 0.780. The molecule has 0 aliphatic rings. The summed E-state index contributed by atoms with van der Waals surface area (Å²) in [6.45, 7) is 9.83. The lowest BCUT2D eigenvalue weighted by Gasteiger charge is -2.25. The van der Waals surface area contributed by atoms with Crippen LogP contribution in [0.1, 0.15) is 18.1 Å². The van der Waals surface area contributed by atoms with Crippen molar-refractivity contribution in [1.29, 1.82) is 0 Å². The first kappa shape index (κ1) is 16.3. The number of hydrogen-bond donors (Lipinski definition) is 0. The highest BCUT2D eigenvalue weighted by Crippen LogP contribution is 2.25. The molecule has 22 heavy (non-hydrogen) atoms. The van der Waals surface area contributed by atoms with E-state index >= 15 is 0 Å². The molecule has 0 aromatic heterocycles. The number of benzene rings is 2. The third-order valence-corrected chi connectivity index (χ3v) is 5.10. The van der Waals surface area contributed by atoms with E-state index in [-0.39, 0.29) is 6.54 Å². The highest BCUT2D eigenvalue weighted by atomic mass is 32.2. The van der Waals surface area contributed by atoms with Gasteiger partial charge in [-0.3, -0.25) is 4.31 Å². The van der Waals surface area contributed by atoms with E-state index in [4.69, 9.17) is 0 Å².